The van der Waals surface area contributed by atoms with Crippen molar-refractivity contribution < 1.29 is 4.74 Å². The van der Waals surface area contributed by atoms with Crippen molar-refractivity contribution in [3.63, 3.8) is 0 Å². The van der Waals surface area contributed by atoms with Gasteiger partial charge in [0.2, 0.25) is 0 Å². The van der Waals surface area contributed by atoms with Gasteiger partial charge in [-0.25, -0.2) is 0 Å². The van der Waals surface area contributed by atoms with E-state index in [4.69, 9.17) is 10.00 Å². The third-order valence-electron chi connectivity index (χ3n) is 3.07. The molecule has 0 fully saturated rings. The predicted octanol–water partition coefficient (Wildman–Crippen LogP) is 3.76. The second-order valence-corrected chi connectivity index (χ2v) is 4.50. The van der Waals surface area contributed by atoms with Gasteiger partial charge < -0.3 is 10.1 Å². The maximum absolute atomic E-state index is 8.50. The molecule has 1 N–H and O–H groups in total. The van der Waals surface area contributed by atoms with E-state index < -0.39 is 0 Å². The maximum Gasteiger partial charge on any atom is 0.174 e. The van der Waals surface area contributed by atoms with Crippen LogP contribution in [0.25, 0.3) is 0 Å². The number of aryl methyl sites for hydroxylation is 1. The van der Waals surface area contributed by atoms with Gasteiger partial charge in [-0.1, -0.05) is 37.3 Å². The van der Waals surface area contributed by atoms with Crippen molar-refractivity contribution in [1.29, 1.82) is 5.26 Å². The van der Waals surface area contributed by atoms with Gasteiger partial charge in [0.1, 0.15) is 11.8 Å². The van der Waals surface area contributed by atoms with E-state index >= 15 is 0 Å². The third kappa shape index (κ3) is 4.03. The van der Waals surface area contributed by atoms with E-state index in [0.717, 1.165) is 18.7 Å². The molecule has 0 unspecified atom stereocenters. The van der Waals surface area contributed by atoms with Crippen molar-refractivity contribution in [2.75, 3.05) is 11.9 Å². The fourth-order valence-corrected chi connectivity index (χ4v) is 1.91. The van der Waals surface area contributed by atoms with Gasteiger partial charge in [-0.3, -0.25) is 0 Å². The van der Waals surface area contributed by atoms with Gasteiger partial charge >= 0.3 is 0 Å². The Balaban J connectivity index is 1.94. The van der Waals surface area contributed by atoms with Crippen molar-refractivity contribution in [3.8, 4) is 11.8 Å². The molecule has 0 aromatic heterocycles. The van der Waals surface area contributed by atoms with Gasteiger partial charge in [-0.15, -0.1) is 0 Å². The summed E-state index contributed by atoms with van der Waals surface area (Å²) in [5, 5.41) is 11.9. The number of nitrogens with one attached hydrogen (secondary N) is 1. The van der Waals surface area contributed by atoms with E-state index in [0.29, 0.717) is 5.75 Å². The van der Waals surface area contributed by atoms with Crippen molar-refractivity contribution in [2.45, 2.75) is 19.9 Å². The summed E-state index contributed by atoms with van der Waals surface area (Å²) in [6.45, 7) is 2.99. The van der Waals surface area contributed by atoms with Crippen molar-refractivity contribution >= 4 is 5.69 Å². The number of benzene rings is 2. The van der Waals surface area contributed by atoms with Crippen LogP contribution in [-0.4, -0.2) is 6.61 Å². The summed E-state index contributed by atoms with van der Waals surface area (Å²) >= 11 is 0. The molecule has 0 amide bonds. The summed E-state index contributed by atoms with van der Waals surface area (Å²) in [7, 11) is 0. The molecule has 0 saturated heterocycles. The number of rotatable bonds is 6. The Morgan fingerprint density at radius 2 is 1.85 bits per heavy atom. The number of anilines is 1. The molecule has 0 radical (unpaired) electrons. The Hall–Kier alpha value is -2.47. The van der Waals surface area contributed by atoms with Crippen LogP contribution in [0.15, 0.2) is 48.5 Å². The molecule has 3 heteroatoms. The molecular formula is C17H18N2O. The van der Waals surface area contributed by atoms with Gasteiger partial charge in [-0.2, -0.15) is 5.26 Å². The Labute approximate surface area is 119 Å². The van der Waals surface area contributed by atoms with Crippen LogP contribution < -0.4 is 10.1 Å². The SMILES string of the molecule is CCc1ccc(CNc2cccc(OCC#N)c2)cc1. The minimum absolute atomic E-state index is 0.0714. The fourth-order valence-electron chi connectivity index (χ4n) is 1.91. The van der Waals surface area contributed by atoms with Crippen LogP contribution in [0.3, 0.4) is 0 Å². The summed E-state index contributed by atoms with van der Waals surface area (Å²) in [6, 6.07) is 18.2. The highest BCUT2D eigenvalue weighted by molar-refractivity contribution is 5.48. The van der Waals surface area contributed by atoms with Crippen molar-refractivity contribution in [1.82, 2.24) is 0 Å². The highest BCUT2D eigenvalue weighted by Gasteiger charge is 1.98. The standard InChI is InChI=1S/C17H18N2O/c1-2-14-6-8-15(9-7-14)13-19-16-4-3-5-17(12-16)20-11-10-18/h3-9,12,19H,2,11,13H2,1H3. The van der Waals surface area contributed by atoms with Crippen LogP contribution in [-0.2, 0) is 13.0 Å². The zero-order valence-corrected chi connectivity index (χ0v) is 11.6. The molecule has 2 aromatic rings. The van der Waals surface area contributed by atoms with Crippen LogP contribution in [0.2, 0.25) is 0 Å². The first-order valence-corrected chi connectivity index (χ1v) is 6.73. The highest BCUT2D eigenvalue weighted by Crippen LogP contribution is 2.18. The average molecular weight is 266 g/mol. The van der Waals surface area contributed by atoms with Crippen LogP contribution >= 0.6 is 0 Å². The molecule has 2 aromatic carbocycles. The molecule has 0 atom stereocenters. The molecule has 0 saturated carbocycles. The Bertz CT molecular complexity index is 585. The maximum atomic E-state index is 8.50. The molecular weight excluding hydrogens is 248 g/mol. The second-order valence-electron chi connectivity index (χ2n) is 4.50. The van der Waals surface area contributed by atoms with E-state index in [1.807, 2.05) is 30.3 Å². The third-order valence-corrected chi connectivity index (χ3v) is 3.07. The van der Waals surface area contributed by atoms with E-state index in [-0.39, 0.29) is 6.61 Å². The lowest BCUT2D eigenvalue weighted by Gasteiger charge is -2.09. The first-order chi connectivity index (χ1) is 9.81. The molecule has 20 heavy (non-hydrogen) atoms. The lowest BCUT2D eigenvalue weighted by Crippen LogP contribution is -2.00. The number of nitriles is 1. The van der Waals surface area contributed by atoms with Crippen molar-refractivity contribution in [2.24, 2.45) is 0 Å². The Morgan fingerprint density at radius 3 is 2.55 bits per heavy atom. The number of hydrogen-bond acceptors (Lipinski definition) is 3. The quantitative estimate of drug-likeness (QED) is 0.865. The summed E-state index contributed by atoms with van der Waals surface area (Å²) in [5.74, 6) is 0.706. The monoisotopic (exact) mass is 266 g/mol. The van der Waals surface area contributed by atoms with Gasteiger partial charge in [-0.05, 0) is 29.7 Å². The second kappa shape index (κ2) is 7.20. The average Bonchev–Trinajstić information content (AvgIpc) is 2.52. The molecule has 0 aliphatic rings. The zero-order valence-electron chi connectivity index (χ0n) is 11.6. The number of ether oxygens (including phenoxy) is 1. The van der Waals surface area contributed by atoms with Crippen molar-refractivity contribution in [3.05, 3.63) is 59.7 Å². The summed E-state index contributed by atoms with van der Waals surface area (Å²) in [5.41, 5.74) is 3.58. The van der Waals surface area contributed by atoms with Crippen LogP contribution in [0.4, 0.5) is 5.69 Å². The predicted molar refractivity (Wildman–Crippen MR) is 80.7 cm³/mol. The molecule has 0 spiro atoms. The summed E-state index contributed by atoms with van der Waals surface area (Å²) < 4.78 is 5.28. The van der Waals surface area contributed by atoms with Crippen LogP contribution in [0, 0.1) is 11.3 Å². The van der Waals surface area contributed by atoms with Gasteiger partial charge in [0.05, 0.1) is 0 Å². The fraction of sp³-hybridized carbons (Fsp3) is 0.235. The lowest BCUT2D eigenvalue weighted by molar-refractivity contribution is 0.368. The van der Waals surface area contributed by atoms with Crippen LogP contribution in [0.5, 0.6) is 5.75 Å². The molecule has 2 rings (SSSR count). The van der Waals surface area contributed by atoms with E-state index in [2.05, 4.69) is 36.5 Å². The highest BCUT2D eigenvalue weighted by atomic mass is 16.5. The summed E-state index contributed by atoms with van der Waals surface area (Å²) in [4.78, 5) is 0. The number of nitrogens with zero attached hydrogens (tertiary/aromatic N) is 1. The minimum Gasteiger partial charge on any atom is -0.479 e. The Kier molecular flexibility index (Phi) is 5.02. The van der Waals surface area contributed by atoms with E-state index in [1.54, 1.807) is 0 Å². The Morgan fingerprint density at radius 1 is 1.10 bits per heavy atom. The lowest BCUT2D eigenvalue weighted by atomic mass is 10.1. The van der Waals surface area contributed by atoms with E-state index in [9.17, 15) is 0 Å². The first-order valence-electron chi connectivity index (χ1n) is 6.73. The smallest absolute Gasteiger partial charge is 0.174 e. The molecule has 3 nitrogen and oxygen atoms in total. The summed E-state index contributed by atoms with van der Waals surface area (Å²) in [6.07, 6.45) is 1.06. The van der Waals surface area contributed by atoms with E-state index in [1.165, 1.54) is 11.1 Å². The molecule has 102 valence electrons. The number of hydrogen-bond donors (Lipinski definition) is 1. The normalized spacial score (nSPS) is 9.80. The molecule has 0 heterocycles. The van der Waals surface area contributed by atoms with Crippen LogP contribution in [0.1, 0.15) is 18.1 Å². The topological polar surface area (TPSA) is 45.0 Å². The largest absolute Gasteiger partial charge is 0.479 e. The molecule has 0 bridgehead atoms. The molecule has 0 aliphatic heterocycles. The first kappa shape index (κ1) is 14.0. The zero-order chi connectivity index (χ0) is 14.2. The minimum atomic E-state index is 0.0714. The van der Waals surface area contributed by atoms with Gasteiger partial charge in [0.15, 0.2) is 6.61 Å². The van der Waals surface area contributed by atoms with Gasteiger partial charge in [0.25, 0.3) is 0 Å². The molecule has 0 aliphatic carbocycles. The van der Waals surface area contributed by atoms with Gasteiger partial charge in [0, 0.05) is 18.3 Å².